The Hall–Kier alpha value is -3.78. The monoisotopic (exact) mass is 459 g/mol. The summed E-state index contributed by atoms with van der Waals surface area (Å²) in [5.41, 5.74) is 9.59. The number of hydrogen-bond acceptors (Lipinski definition) is 5. The second-order valence-electron chi connectivity index (χ2n) is 8.57. The van der Waals surface area contributed by atoms with Gasteiger partial charge in [-0.3, -0.25) is 9.36 Å². The summed E-state index contributed by atoms with van der Waals surface area (Å²) < 4.78 is 21.1. The number of nitrogens with one attached hydrogen (secondary N) is 1. The van der Waals surface area contributed by atoms with Crippen LogP contribution in [-0.4, -0.2) is 33.7 Å². The fourth-order valence-electron chi connectivity index (χ4n) is 4.61. The Kier molecular flexibility index (Phi) is 5.98. The highest BCUT2D eigenvalue weighted by Gasteiger charge is 2.22. The van der Waals surface area contributed by atoms with Gasteiger partial charge in [-0.05, 0) is 61.6 Å². The van der Waals surface area contributed by atoms with Gasteiger partial charge in [-0.2, -0.15) is 4.98 Å². The molecule has 8 heteroatoms. The third-order valence-corrected chi connectivity index (χ3v) is 6.31. The Labute approximate surface area is 196 Å². The molecule has 0 spiro atoms. The summed E-state index contributed by atoms with van der Waals surface area (Å²) >= 11 is 0. The van der Waals surface area contributed by atoms with Crippen LogP contribution in [0, 0.1) is 12.7 Å². The van der Waals surface area contributed by atoms with E-state index in [4.69, 9.17) is 20.4 Å². The second-order valence-corrected chi connectivity index (χ2v) is 8.57. The molecule has 7 nitrogen and oxygen atoms in total. The first-order valence-corrected chi connectivity index (χ1v) is 11.4. The summed E-state index contributed by atoms with van der Waals surface area (Å²) in [6.07, 6.45) is 3.66. The molecule has 1 aliphatic rings. The van der Waals surface area contributed by atoms with Crippen molar-refractivity contribution in [2.45, 2.75) is 32.2 Å². The number of fused-ring (bicyclic) bond motifs is 1. The molecule has 0 radical (unpaired) electrons. The molecule has 34 heavy (non-hydrogen) atoms. The average Bonchev–Trinajstić information content (AvgIpc) is 3.18. The van der Waals surface area contributed by atoms with Gasteiger partial charge in [0.25, 0.3) is 0 Å². The first kappa shape index (κ1) is 22.0. The van der Waals surface area contributed by atoms with E-state index in [1.54, 1.807) is 18.2 Å². The van der Waals surface area contributed by atoms with Crippen LogP contribution < -0.4 is 11.1 Å². The maximum Gasteiger partial charge on any atom is 0.249 e. The van der Waals surface area contributed by atoms with E-state index in [9.17, 15) is 9.18 Å². The van der Waals surface area contributed by atoms with Crippen LogP contribution >= 0.6 is 0 Å². The highest BCUT2D eigenvalue weighted by molar-refractivity contribution is 6.06. The molecule has 1 amide bonds. The van der Waals surface area contributed by atoms with E-state index in [0.717, 1.165) is 40.6 Å². The molecule has 2 aromatic carbocycles. The predicted octanol–water partition coefficient (Wildman–Crippen LogP) is 4.47. The molecule has 0 saturated carbocycles. The summed E-state index contributed by atoms with van der Waals surface area (Å²) in [5, 5.41) is 4.17. The first-order valence-electron chi connectivity index (χ1n) is 11.4. The number of ether oxygens (including phenoxy) is 1. The fourth-order valence-corrected chi connectivity index (χ4v) is 4.61. The number of rotatable bonds is 6. The van der Waals surface area contributed by atoms with Gasteiger partial charge in [-0.25, -0.2) is 9.37 Å². The molecule has 0 bridgehead atoms. The van der Waals surface area contributed by atoms with E-state index >= 15 is 0 Å². The zero-order valence-electron chi connectivity index (χ0n) is 18.9. The van der Waals surface area contributed by atoms with Crippen molar-refractivity contribution in [3.8, 4) is 5.95 Å². The summed E-state index contributed by atoms with van der Waals surface area (Å²) in [4.78, 5) is 21.5. The number of anilines is 1. The van der Waals surface area contributed by atoms with Crippen LogP contribution in [0.3, 0.4) is 0 Å². The van der Waals surface area contributed by atoms with Gasteiger partial charge in [0.2, 0.25) is 11.9 Å². The number of primary amides is 1. The van der Waals surface area contributed by atoms with Crippen molar-refractivity contribution >= 4 is 22.6 Å². The lowest BCUT2D eigenvalue weighted by Crippen LogP contribution is -2.18. The number of carbonyl (C=O) groups is 1. The zero-order valence-corrected chi connectivity index (χ0v) is 18.9. The number of benzene rings is 2. The summed E-state index contributed by atoms with van der Waals surface area (Å²) in [5.74, 6) is 0.741. The minimum Gasteiger partial charge on any atom is -0.381 e. The van der Waals surface area contributed by atoms with E-state index in [1.807, 2.05) is 35.9 Å². The standard InChI is InChI=1S/C26H26FN5O2/c1-16-12-21-20(24(28)33)6-3-7-23(21)32(16)26-30-15-22(18-8-10-34-11-9-18)25(31-26)29-14-17-4-2-5-19(27)13-17/h2-7,12-13,15,18H,8-11,14H2,1H3,(H2,28,33)(H,29,30,31). The molecule has 4 aromatic rings. The van der Waals surface area contributed by atoms with Gasteiger partial charge in [0.15, 0.2) is 0 Å². The van der Waals surface area contributed by atoms with Gasteiger partial charge >= 0.3 is 0 Å². The van der Waals surface area contributed by atoms with Crippen molar-refractivity contribution in [3.05, 3.63) is 82.9 Å². The summed E-state index contributed by atoms with van der Waals surface area (Å²) in [6, 6.07) is 13.9. The molecule has 1 aliphatic heterocycles. The lowest BCUT2D eigenvalue weighted by molar-refractivity contribution is 0.0853. The predicted molar refractivity (Wildman–Crippen MR) is 129 cm³/mol. The molecular formula is C26H26FN5O2. The number of carbonyl (C=O) groups excluding carboxylic acids is 1. The van der Waals surface area contributed by atoms with Crippen LogP contribution in [0.2, 0.25) is 0 Å². The number of aromatic nitrogens is 3. The lowest BCUT2D eigenvalue weighted by Gasteiger charge is -2.24. The first-order chi connectivity index (χ1) is 16.5. The molecule has 3 N–H and O–H groups in total. The fraction of sp³-hybridized carbons (Fsp3) is 0.269. The maximum atomic E-state index is 13.7. The Balaban J connectivity index is 1.57. The van der Waals surface area contributed by atoms with Crippen LogP contribution in [0.1, 0.15) is 45.9 Å². The van der Waals surface area contributed by atoms with E-state index < -0.39 is 5.91 Å². The summed E-state index contributed by atoms with van der Waals surface area (Å²) in [6.45, 7) is 3.78. The average molecular weight is 460 g/mol. The second kappa shape index (κ2) is 9.23. The molecule has 5 rings (SSSR count). The minimum atomic E-state index is -0.476. The molecule has 0 unspecified atom stereocenters. The Morgan fingerprint density at radius 2 is 2.00 bits per heavy atom. The van der Waals surface area contributed by atoms with Crippen LogP contribution in [0.25, 0.3) is 16.9 Å². The lowest BCUT2D eigenvalue weighted by atomic mass is 9.93. The van der Waals surface area contributed by atoms with Gasteiger partial charge in [0, 0.05) is 48.2 Å². The van der Waals surface area contributed by atoms with Crippen molar-refractivity contribution in [2.24, 2.45) is 5.73 Å². The maximum absolute atomic E-state index is 13.7. The highest BCUT2D eigenvalue weighted by atomic mass is 19.1. The summed E-state index contributed by atoms with van der Waals surface area (Å²) in [7, 11) is 0. The van der Waals surface area contributed by atoms with E-state index in [0.29, 0.717) is 37.1 Å². The number of halogens is 1. The third-order valence-electron chi connectivity index (χ3n) is 6.31. The molecule has 174 valence electrons. The minimum absolute atomic E-state index is 0.271. The van der Waals surface area contributed by atoms with E-state index in [1.165, 1.54) is 12.1 Å². The van der Waals surface area contributed by atoms with Crippen molar-refractivity contribution in [1.29, 1.82) is 0 Å². The smallest absolute Gasteiger partial charge is 0.249 e. The van der Waals surface area contributed by atoms with Gasteiger partial charge in [-0.15, -0.1) is 0 Å². The van der Waals surface area contributed by atoms with Crippen LogP contribution in [0.15, 0.2) is 54.7 Å². The molecule has 0 aliphatic carbocycles. The number of aryl methyl sites for hydroxylation is 1. The van der Waals surface area contributed by atoms with Gasteiger partial charge in [0.05, 0.1) is 5.52 Å². The van der Waals surface area contributed by atoms with Crippen LogP contribution in [0.4, 0.5) is 10.2 Å². The van der Waals surface area contributed by atoms with E-state index in [-0.39, 0.29) is 11.7 Å². The molecular weight excluding hydrogens is 433 g/mol. The van der Waals surface area contributed by atoms with E-state index in [2.05, 4.69) is 5.32 Å². The molecule has 1 fully saturated rings. The number of nitrogens with two attached hydrogens (primary N) is 1. The van der Waals surface area contributed by atoms with Crippen molar-refractivity contribution in [1.82, 2.24) is 14.5 Å². The third kappa shape index (κ3) is 4.24. The Morgan fingerprint density at radius 1 is 1.21 bits per heavy atom. The molecule has 3 heterocycles. The molecule has 2 aromatic heterocycles. The largest absolute Gasteiger partial charge is 0.381 e. The van der Waals surface area contributed by atoms with Gasteiger partial charge < -0.3 is 15.8 Å². The number of nitrogens with zero attached hydrogens (tertiary/aromatic N) is 3. The zero-order chi connectivity index (χ0) is 23.7. The highest BCUT2D eigenvalue weighted by Crippen LogP contribution is 2.33. The van der Waals surface area contributed by atoms with Gasteiger partial charge in [-0.1, -0.05) is 18.2 Å². The van der Waals surface area contributed by atoms with Crippen LogP contribution in [0.5, 0.6) is 0 Å². The van der Waals surface area contributed by atoms with Gasteiger partial charge in [0.1, 0.15) is 11.6 Å². The topological polar surface area (TPSA) is 95.1 Å². The Bertz CT molecular complexity index is 1360. The van der Waals surface area contributed by atoms with Crippen molar-refractivity contribution in [2.75, 3.05) is 18.5 Å². The van der Waals surface area contributed by atoms with Crippen molar-refractivity contribution in [3.63, 3.8) is 0 Å². The molecule has 1 saturated heterocycles. The van der Waals surface area contributed by atoms with Crippen molar-refractivity contribution < 1.29 is 13.9 Å². The quantitative estimate of drug-likeness (QED) is 0.444. The Morgan fingerprint density at radius 3 is 2.76 bits per heavy atom. The SMILES string of the molecule is Cc1cc2c(C(N)=O)cccc2n1-c1ncc(C2CCOCC2)c(NCc2cccc(F)c2)n1. The number of hydrogen-bond donors (Lipinski definition) is 2. The number of amides is 1. The molecule has 0 atom stereocenters. The normalized spacial score (nSPS) is 14.4. The van der Waals surface area contributed by atoms with Crippen LogP contribution in [-0.2, 0) is 11.3 Å².